The van der Waals surface area contributed by atoms with Crippen LogP contribution in [0.1, 0.15) is 13.8 Å². The smallest absolute Gasteiger partial charge is 0.273 e. The van der Waals surface area contributed by atoms with Gasteiger partial charge in [0, 0.05) is 5.57 Å². The Balaban J connectivity index is 5.09. The van der Waals surface area contributed by atoms with Gasteiger partial charge in [0.05, 0.1) is 6.10 Å². The van der Waals surface area contributed by atoms with Gasteiger partial charge < -0.3 is 10.8 Å². The molecule has 0 aromatic rings. The van der Waals surface area contributed by atoms with Crippen molar-refractivity contribution in [1.82, 2.24) is 0 Å². The van der Waals surface area contributed by atoms with Gasteiger partial charge in [-0.05, 0) is 13.8 Å². The van der Waals surface area contributed by atoms with E-state index < -0.39 is 27.4 Å². The molecule has 4 N–H and O–H groups in total. The minimum atomic E-state index is -4.43. The maximum absolute atomic E-state index is 10.7. The summed E-state index contributed by atoms with van der Waals surface area (Å²) in [6.07, 6.45) is -0.401. The van der Waals surface area contributed by atoms with Crippen molar-refractivity contribution in [1.29, 1.82) is 0 Å². The molecule has 82 valence electrons. The summed E-state index contributed by atoms with van der Waals surface area (Å²) in [7, 11) is -4.43. The fraction of sp³-hybridized carbons (Fsp3) is 0.571. The van der Waals surface area contributed by atoms with Gasteiger partial charge in [0.2, 0.25) is 5.91 Å². The van der Waals surface area contributed by atoms with Crippen LogP contribution < -0.4 is 5.73 Å². The number of nitrogens with two attached hydrogens (primary N) is 1. The van der Waals surface area contributed by atoms with Crippen molar-refractivity contribution in [2.75, 3.05) is 0 Å². The van der Waals surface area contributed by atoms with Crippen LogP contribution in [-0.2, 0) is 14.9 Å². The van der Waals surface area contributed by atoms with Crippen molar-refractivity contribution < 1.29 is 22.9 Å². The Morgan fingerprint density at radius 3 is 2.14 bits per heavy atom. The molecule has 0 rings (SSSR count). The fourth-order valence-electron chi connectivity index (χ4n) is 0.803. The zero-order valence-electron chi connectivity index (χ0n) is 7.84. The maximum atomic E-state index is 10.7. The van der Waals surface area contributed by atoms with Crippen LogP contribution in [0.5, 0.6) is 0 Å². The number of carbonyl (C=O) groups is 1. The summed E-state index contributed by atoms with van der Waals surface area (Å²) in [5.41, 5.74) is 4.83. The van der Waals surface area contributed by atoms with Crippen molar-refractivity contribution in [2.45, 2.75) is 25.2 Å². The van der Waals surface area contributed by atoms with Crippen LogP contribution in [-0.4, -0.2) is 35.3 Å². The van der Waals surface area contributed by atoms with E-state index in [2.05, 4.69) is 0 Å². The first kappa shape index (κ1) is 13.1. The van der Waals surface area contributed by atoms with Gasteiger partial charge in [0.1, 0.15) is 5.25 Å². The number of aliphatic hydroxyl groups excluding tert-OH is 1. The zero-order valence-corrected chi connectivity index (χ0v) is 8.65. The molecule has 1 amide bonds. The van der Waals surface area contributed by atoms with Crippen LogP contribution in [0.4, 0.5) is 0 Å². The van der Waals surface area contributed by atoms with E-state index >= 15 is 0 Å². The van der Waals surface area contributed by atoms with Gasteiger partial charge >= 0.3 is 0 Å². The largest absolute Gasteiger partial charge is 0.392 e. The Labute approximate surface area is 82.2 Å². The van der Waals surface area contributed by atoms with Crippen LogP contribution in [0, 0.1) is 0 Å². The van der Waals surface area contributed by atoms with E-state index in [1.54, 1.807) is 0 Å². The molecule has 0 aromatic heterocycles. The molecule has 0 heterocycles. The zero-order chi connectivity index (χ0) is 11.5. The Hall–Kier alpha value is -0.920. The number of primary amides is 1. The molecule has 0 saturated heterocycles. The Morgan fingerprint density at radius 2 is 1.93 bits per heavy atom. The lowest BCUT2D eigenvalue weighted by atomic mass is 10.2. The van der Waals surface area contributed by atoms with Crippen LogP contribution in [0.25, 0.3) is 0 Å². The first-order valence-electron chi connectivity index (χ1n) is 3.79. The van der Waals surface area contributed by atoms with Gasteiger partial charge in [-0.25, -0.2) is 0 Å². The highest BCUT2D eigenvalue weighted by atomic mass is 32.2. The van der Waals surface area contributed by atoms with Crippen molar-refractivity contribution in [3.63, 3.8) is 0 Å². The Kier molecular flexibility index (Phi) is 4.24. The molecule has 0 saturated carbocycles. The van der Waals surface area contributed by atoms with E-state index in [9.17, 15) is 13.2 Å². The number of aliphatic hydroxyl groups is 1. The summed E-state index contributed by atoms with van der Waals surface area (Å²) in [4.78, 5) is 10.6. The van der Waals surface area contributed by atoms with Gasteiger partial charge in [-0.15, -0.1) is 0 Å². The predicted octanol–water partition coefficient (Wildman–Crippen LogP) is -0.945. The number of amides is 1. The minimum Gasteiger partial charge on any atom is -0.392 e. The molecular formula is C7H13NO5S. The highest BCUT2D eigenvalue weighted by molar-refractivity contribution is 7.86. The number of rotatable bonds is 4. The first-order valence-corrected chi connectivity index (χ1v) is 5.29. The van der Waals surface area contributed by atoms with E-state index in [4.69, 9.17) is 15.4 Å². The van der Waals surface area contributed by atoms with Crippen LogP contribution >= 0.6 is 0 Å². The molecule has 2 atom stereocenters. The monoisotopic (exact) mass is 223 g/mol. The van der Waals surface area contributed by atoms with Crippen molar-refractivity contribution in [2.24, 2.45) is 5.73 Å². The number of hydrogen-bond acceptors (Lipinski definition) is 4. The molecule has 0 aliphatic heterocycles. The molecule has 2 unspecified atom stereocenters. The molecule has 0 fully saturated rings. The summed E-state index contributed by atoms with van der Waals surface area (Å²) >= 11 is 0. The lowest BCUT2D eigenvalue weighted by molar-refractivity contribution is -0.114. The molecule has 0 spiro atoms. The second-order valence-corrected chi connectivity index (χ2v) is 4.51. The number of carbonyl (C=O) groups excluding carboxylic acids is 1. The van der Waals surface area contributed by atoms with Crippen molar-refractivity contribution >= 4 is 16.0 Å². The summed E-state index contributed by atoms with van der Waals surface area (Å²) in [6, 6.07) is 0. The van der Waals surface area contributed by atoms with E-state index in [0.29, 0.717) is 0 Å². The third-order valence-electron chi connectivity index (χ3n) is 1.62. The van der Waals surface area contributed by atoms with Crippen molar-refractivity contribution in [3.05, 3.63) is 11.6 Å². The summed E-state index contributed by atoms with van der Waals surface area (Å²) in [5.74, 6) is -0.806. The van der Waals surface area contributed by atoms with Crippen molar-refractivity contribution in [3.8, 4) is 0 Å². The van der Waals surface area contributed by atoms with E-state index in [-0.39, 0.29) is 5.57 Å². The molecule has 0 aliphatic carbocycles. The lowest BCUT2D eigenvalue weighted by Crippen LogP contribution is -2.31. The molecule has 0 aliphatic rings. The molecule has 0 radical (unpaired) electrons. The third-order valence-corrected chi connectivity index (χ3v) is 2.84. The molecule has 14 heavy (non-hydrogen) atoms. The summed E-state index contributed by atoms with van der Waals surface area (Å²) in [5, 5.41) is 7.51. The Bertz CT molecular complexity index is 343. The quantitative estimate of drug-likeness (QED) is 0.419. The van der Waals surface area contributed by atoms with Crippen LogP contribution in [0.15, 0.2) is 11.6 Å². The van der Waals surface area contributed by atoms with Crippen LogP contribution in [0.3, 0.4) is 0 Å². The lowest BCUT2D eigenvalue weighted by Gasteiger charge is -2.12. The number of hydrogen-bond donors (Lipinski definition) is 3. The third kappa shape index (κ3) is 3.86. The predicted molar refractivity (Wildman–Crippen MR) is 50.0 cm³/mol. The van der Waals surface area contributed by atoms with E-state index in [1.807, 2.05) is 0 Å². The Morgan fingerprint density at radius 1 is 1.50 bits per heavy atom. The van der Waals surface area contributed by atoms with Gasteiger partial charge in [-0.3, -0.25) is 9.35 Å². The normalized spacial score (nSPS) is 17.6. The van der Waals surface area contributed by atoms with E-state index in [1.165, 1.54) is 13.8 Å². The second kappa shape index (κ2) is 4.54. The molecule has 0 bridgehead atoms. The van der Waals surface area contributed by atoms with E-state index in [0.717, 1.165) is 6.08 Å². The highest BCUT2D eigenvalue weighted by Gasteiger charge is 2.26. The molecular weight excluding hydrogens is 210 g/mol. The minimum absolute atomic E-state index is 0.0338. The first-order chi connectivity index (χ1) is 6.16. The molecule has 6 nitrogen and oxygen atoms in total. The SMILES string of the molecule is CC(=CC(C(C)O)S(=O)(=O)O)C(N)=O. The van der Waals surface area contributed by atoms with Crippen LogP contribution in [0.2, 0.25) is 0 Å². The fourth-order valence-corrected chi connectivity index (χ4v) is 1.68. The maximum Gasteiger partial charge on any atom is 0.273 e. The van der Waals surface area contributed by atoms with Gasteiger partial charge in [0.25, 0.3) is 10.1 Å². The second-order valence-electron chi connectivity index (χ2n) is 2.93. The van der Waals surface area contributed by atoms with Gasteiger partial charge in [-0.2, -0.15) is 8.42 Å². The summed E-state index contributed by atoms with van der Waals surface area (Å²) in [6.45, 7) is 2.48. The van der Waals surface area contributed by atoms with Gasteiger partial charge in [0.15, 0.2) is 0 Å². The average Bonchev–Trinajstić information content (AvgIpc) is 1.96. The van der Waals surface area contributed by atoms with Gasteiger partial charge in [-0.1, -0.05) is 6.08 Å². The topological polar surface area (TPSA) is 118 Å². The molecule has 0 aromatic carbocycles. The standard InChI is InChI=1S/C7H13NO5S/c1-4(7(8)10)3-6(5(2)9)14(11,12)13/h3,5-6,9H,1-2H3,(H2,8,10)(H,11,12,13). The molecule has 7 heteroatoms. The summed E-state index contributed by atoms with van der Waals surface area (Å²) < 4.78 is 30.2. The average molecular weight is 223 g/mol. The highest BCUT2D eigenvalue weighted by Crippen LogP contribution is 2.09.